The molecule has 31 heavy (non-hydrogen) atoms. The van der Waals surface area contributed by atoms with Crippen molar-refractivity contribution in [3.05, 3.63) is 103 Å². The van der Waals surface area contributed by atoms with Crippen molar-refractivity contribution in [2.75, 3.05) is 5.32 Å². The van der Waals surface area contributed by atoms with Crippen molar-refractivity contribution in [1.82, 2.24) is 14.5 Å². The maximum Gasteiger partial charge on any atom is 0.329 e. The third-order valence-electron chi connectivity index (χ3n) is 5.62. The highest BCUT2D eigenvalue weighted by molar-refractivity contribution is 6.30. The topological polar surface area (TPSA) is 106 Å². The van der Waals surface area contributed by atoms with Gasteiger partial charge in [-0.2, -0.15) is 5.26 Å². The summed E-state index contributed by atoms with van der Waals surface area (Å²) in [4.78, 5) is 31.4. The summed E-state index contributed by atoms with van der Waals surface area (Å²) in [5.74, 6) is -0.384. The van der Waals surface area contributed by atoms with Crippen LogP contribution in [0.25, 0.3) is 16.6 Å². The van der Waals surface area contributed by atoms with E-state index in [9.17, 15) is 14.9 Å². The Kier molecular flexibility index (Phi) is 4.31. The fourth-order valence-corrected chi connectivity index (χ4v) is 4.21. The van der Waals surface area contributed by atoms with Crippen LogP contribution in [-0.2, 0) is 7.05 Å². The standard InChI is InChI=1S/C23H16ClN5O2/c1-29-22(30)19-18(12-6-8-13(24)9-7-12)15(10-25)20(27-21(19)28-23(29)31)16-11-26-17-5-3-2-4-14(16)17/h2-9,11,18,26-27H,1H3,(H,28,31). The van der Waals surface area contributed by atoms with Gasteiger partial charge in [-0.1, -0.05) is 41.9 Å². The zero-order valence-corrected chi connectivity index (χ0v) is 17.1. The Labute approximate surface area is 181 Å². The first-order chi connectivity index (χ1) is 15.0. The Balaban J connectivity index is 1.86. The van der Waals surface area contributed by atoms with Crippen molar-refractivity contribution in [1.29, 1.82) is 5.26 Å². The highest BCUT2D eigenvalue weighted by Crippen LogP contribution is 2.42. The van der Waals surface area contributed by atoms with E-state index in [1.54, 1.807) is 24.3 Å². The number of halogens is 1. The van der Waals surface area contributed by atoms with Crippen LogP contribution in [0.1, 0.15) is 22.6 Å². The maximum atomic E-state index is 13.1. The Morgan fingerprint density at radius 1 is 1.10 bits per heavy atom. The normalized spacial score (nSPS) is 15.5. The molecule has 0 spiro atoms. The molecule has 0 saturated heterocycles. The maximum absolute atomic E-state index is 13.1. The van der Waals surface area contributed by atoms with Gasteiger partial charge in [0.05, 0.1) is 28.8 Å². The number of nitriles is 1. The van der Waals surface area contributed by atoms with Crippen LogP contribution >= 0.6 is 11.6 Å². The summed E-state index contributed by atoms with van der Waals surface area (Å²) in [6.45, 7) is 0. The van der Waals surface area contributed by atoms with Crippen molar-refractivity contribution in [2.24, 2.45) is 7.05 Å². The van der Waals surface area contributed by atoms with Gasteiger partial charge in [-0.05, 0) is 23.8 Å². The first-order valence-electron chi connectivity index (χ1n) is 9.56. The first kappa shape index (κ1) is 19.0. The number of aromatic nitrogens is 3. The molecule has 2 aromatic heterocycles. The van der Waals surface area contributed by atoms with Gasteiger partial charge in [-0.15, -0.1) is 0 Å². The highest BCUT2D eigenvalue weighted by Gasteiger charge is 2.34. The van der Waals surface area contributed by atoms with Crippen LogP contribution in [0.15, 0.2) is 69.9 Å². The third kappa shape index (κ3) is 2.88. The van der Waals surface area contributed by atoms with E-state index in [0.717, 1.165) is 26.6 Å². The van der Waals surface area contributed by atoms with Gasteiger partial charge in [-0.25, -0.2) is 4.79 Å². The molecule has 7 nitrogen and oxygen atoms in total. The molecule has 0 amide bonds. The number of nitrogens with one attached hydrogen (secondary N) is 3. The van der Waals surface area contributed by atoms with Crippen LogP contribution in [0.4, 0.5) is 5.82 Å². The van der Waals surface area contributed by atoms with E-state index in [4.69, 9.17) is 11.6 Å². The summed E-state index contributed by atoms with van der Waals surface area (Å²) in [5, 5.41) is 14.8. The molecule has 1 aliphatic rings. The molecule has 4 aromatic rings. The molecule has 152 valence electrons. The van der Waals surface area contributed by atoms with Gasteiger partial charge < -0.3 is 10.3 Å². The Morgan fingerprint density at radius 3 is 2.58 bits per heavy atom. The molecule has 2 aromatic carbocycles. The largest absolute Gasteiger partial charge is 0.360 e. The summed E-state index contributed by atoms with van der Waals surface area (Å²) in [6, 6.07) is 17.0. The average molecular weight is 430 g/mol. The van der Waals surface area contributed by atoms with Crippen molar-refractivity contribution in [2.45, 2.75) is 5.92 Å². The number of anilines is 1. The molecule has 1 unspecified atom stereocenters. The summed E-state index contributed by atoms with van der Waals surface area (Å²) in [5.41, 5.74) is 2.64. The van der Waals surface area contributed by atoms with Gasteiger partial charge in [0.15, 0.2) is 0 Å². The molecule has 8 heteroatoms. The number of nitrogens with zero attached hydrogens (tertiary/aromatic N) is 2. The number of benzene rings is 2. The lowest BCUT2D eigenvalue weighted by Crippen LogP contribution is -2.39. The van der Waals surface area contributed by atoms with E-state index in [1.165, 1.54) is 7.05 Å². The minimum Gasteiger partial charge on any atom is -0.360 e. The zero-order chi connectivity index (χ0) is 21.7. The Morgan fingerprint density at radius 2 is 1.84 bits per heavy atom. The monoisotopic (exact) mass is 429 g/mol. The van der Waals surface area contributed by atoms with Gasteiger partial charge in [0.1, 0.15) is 5.82 Å². The molecule has 0 radical (unpaired) electrons. The van der Waals surface area contributed by atoms with Crippen LogP contribution in [-0.4, -0.2) is 14.5 Å². The highest BCUT2D eigenvalue weighted by atomic mass is 35.5. The lowest BCUT2D eigenvalue weighted by atomic mass is 9.81. The SMILES string of the molecule is Cn1c(=O)[nH]c2c(c1=O)C(c1ccc(Cl)cc1)C(C#N)=C(c1c[nH]c3ccccc13)N2. The number of aromatic amines is 2. The van der Waals surface area contributed by atoms with Gasteiger partial charge in [0.25, 0.3) is 5.56 Å². The molecule has 0 fully saturated rings. The van der Waals surface area contributed by atoms with Crippen molar-refractivity contribution < 1.29 is 0 Å². The Bertz CT molecular complexity index is 1530. The lowest BCUT2D eigenvalue weighted by molar-refractivity contribution is 0.745. The van der Waals surface area contributed by atoms with Gasteiger partial charge in [-0.3, -0.25) is 14.3 Å². The molecule has 3 N–H and O–H groups in total. The molecule has 1 atom stereocenters. The molecular weight excluding hydrogens is 414 g/mol. The number of para-hydroxylation sites is 1. The second-order valence-electron chi connectivity index (χ2n) is 7.34. The predicted molar refractivity (Wildman–Crippen MR) is 120 cm³/mol. The van der Waals surface area contributed by atoms with Crippen LogP contribution in [0.3, 0.4) is 0 Å². The number of allylic oxidation sites excluding steroid dienone is 1. The third-order valence-corrected chi connectivity index (χ3v) is 5.87. The number of rotatable bonds is 2. The summed E-state index contributed by atoms with van der Waals surface area (Å²) in [7, 11) is 1.41. The van der Waals surface area contributed by atoms with Crippen LogP contribution in [0, 0.1) is 11.3 Å². The summed E-state index contributed by atoms with van der Waals surface area (Å²) >= 11 is 6.07. The summed E-state index contributed by atoms with van der Waals surface area (Å²) in [6.07, 6.45) is 1.81. The second kappa shape index (κ2) is 7.04. The van der Waals surface area contributed by atoms with Gasteiger partial charge in [0.2, 0.25) is 0 Å². The quantitative estimate of drug-likeness (QED) is 0.451. The fraction of sp³-hybridized carbons (Fsp3) is 0.0870. The molecule has 0 bridgehead atoms. The number of H-pyrrole nitrogens is 2. The van der Waals surface area contributed by atoms with Crippen LogP contribution < -0.4 is 16.6 Å². The first-order valence-corrected chi connectivity index (χ1v) is 9.94. The number of hydrogen-bond acceptors (Lipinski definition) is 4. The van der Waals surface area contributed by atoms with Crippen molar-refractivity contribution in [3.63, 3.8) is 0 Å². The molecule has 3 heterocycles. The van der Waals surface area contributed by atoms with Crippen LogP contribution in [0.5, 0.6) is 0 Å². The molecule has 0 aliphatic carbocycles. The Hall–Kier alpha value is -4.02. The number of hydrogen-bond donors (Lipinski definition) is 3. The minimum absolute atomic E-state index is 0.285. The van der Waals surface area contributed by atoms with E-state index >= 15 is 0 Å². The minimum atomic E-state index is -0.669. The smallest absolute Gasteiger partial charge is 0.329 e. The van der Waals surface area contributed by atoms with E-state index in [-0.39, 0.29) is 5.82 Å². The van der Waals surface area contributed by atoms with Crippen LogP contribution in [0.2, 0.25) is 5.02 Å². The zero-order valence-electron chi connectivity index (χ0n) is 16.4. The van der Waals surface area contributed by atoms with Crippen molar-refractivity contribution in [3.8, 4) is 6.07 Å². The average Bonchev–Trinajstić information content (AvgIpc) is 3.21. The number of fused-ring (bicyclic) bond motifs is 2. The molecule has 0 saturated carbocycles. The summed E-state index contributed by atoms with van der Waals surface area (Å²) < 4.78 is 1.01. The predicted octanol–water partition coefficient (Wildman–Crippen LogP) is 3.70. The van der Waals surface area contributed by atoms with Gasteiger partial charge in [0, 0.05) is 34.7 Å². The van der Waals surface area contributed by atoms with Gasteiger partial charge >= 0.3 is 5.69 Å². The fourth-order valence-electron chi connectivity index (χ4n) is 4.09. The second-order valence-corrected chi connectivity index (χ2v) is 7.78. The molecule has 5 rings (SSSR count). The molecule has 1 aliphatic heterocycles. The van der Waals surface area contributed by atoms with E-state index in [2.05, 4.69) is 21.4 Å². The molecular formula is C23H16ClN5O2. The van der Waals surface area contributed by atoms with E-state index < -0.39 is 17.2 Å². The van der Waals surface area contributed by atoms with E-state index in [1.807, 2.05) is 30.5 Å². The van der Waals surface area contributed by atoms with Crippen molar-refractivity contribution >= 4 is 34.0 Å². The van der Waals surface area contributed by atoms with E-state index in [0.29, 0.717) is 21.9 Å². The lowest BCUT2D eigenvalue weighted by Gasteiger charge is -2.28.